The van der Waals surface area contributed by atoms with Crippen molar-refractivity contribution in [1.29, 1.82) is 0 Å². The Morgan fingerprint density at radius 2 is 1.55 bits per heavy atom. The third-order valence-corrected chi connectivity index (χ3v) is 10.7. The van der Waals surface area contributed by atoms with Gasteiger partial charge in [-0.25, -0.2) is 4.79 Å². The molecule has 0 heterocycles. The van der Waals surface area contributed by atoms with E-state index in [-0.39, 0.29) is 18.4 Å². The molecule has 0 aliphatic carbocycles. The molecule has 0 bridgehead atoms. The van der Waals surface area contributed by atoms with Gasteiger partial charge in [-0.2, -0.15) is 0 Å². The van der Waals surface area contributed by atoms with Crippen LogP contribution in [0.5, 0.6) is 0 Å². The average Bonchev–Trinajstić information content (AvgIpc) is 2.69. The number of carbonyl (C=O) groups excluding carboxylic acids is 1. The molecule has 0 aromatic heterocycles. The lowest BCUT2D eigenvalue weighted by Crippen LogP contribution is -2.71. The molecule has 2 rings (SSSR count). The molecule has 1 amide bonds. The molecule has 2 aromatic rings. The minimum Gasteiger partial charge on any atom is -0.444 e. The van der Waals surface area contributed by atoms with Gasteiger partial charge in [0.25, 0.3) is 0 Å². The first-order chi connectivity index (χ1) is 13.8. The number of hydrogen-bond donors (Lipinski definition) is 2. The van der Waals surface area contributed by atoms with E-state index in [0.29, 0.717) is 6.42 Å². The standard InChI is InChI=1S/C24H35NO3Si/c1-5-13-22(25-23(27)28-24(2,3)4)29(19-12-18-26,20-14-8-6-9-15-20)21-16-10-7-11-17-21/h6-11,14-17,22,26H,5,12-13,18-19H2,1-4H3,(H,25,27)/t22-/m1/s1. The number of aliphatic hydroxyl groups excluding tert-OH is 1. The summed E-state index contributed by atoms with van der Waals surface area (Å²) < 4.78 is 5.61. The molecule has 0 aliphatic heterocycles. The van der Waals surface area contributed by atoms with Crippen LogP contribution < -0.4 is 15.7 Å². The predicted molar refractivity (Wildman–Crippen MR) is 122 cm³/mol. The molecular formula is C24H35NO3Si. The summed E-state index contributed by atoms with van der Waals surface area (Å²) in [6.07, 6.45) is 2.14. The Bertz CT molecular complexity index is 704. The van der Waals surface area contributed by atoms with Crippen molar-refractivity contribution in [3.05, 3.63) is 60.7 Å². The van der Waals surface area contributed by atoms with Crippen LogP contribution in [0.3, 0.4) is 0 Å². The molecule has 5 heteroatoms. The Hall–Kier alpha value is -2.11. The summed E-state index contributed by atoms with van der Waals surface area (Å²) in [5.74, 6) is 0. The van der Waals surface area contributed by atoms with E-state index in [1.165, 1.54) is 10.4 Å². The van der Waals surface area contributed by atoms with Crippen molar-refractivity contribution >= 4 is 24.5 Å². The van der Waals surface area contributed by atoms with Gasteiger partial charge in [-0.15, -0.1) is 0 Å². The van der Waals surface area contributed by atoms with Crippen LogP contribution >= 0.6 is 0 Å². The molecule has 0 aliphatic rings. The second-order valence-corrected chi connectivity index (χ2v) is 12.8. The number of alkyl carbamates (subject to hydrolysis) is 1. The van der Waals surface area contributed by atoms with Crippen LogP contribution in [-0.2, 0) is 4.74 Å². The summed E-state index contributed by atoms with van der Waals surface area (Å²) >= 11 is 0. The average molecular weight is 414 g/mol. The van der Waals surface area contributed by atoms with Crippen molar-refractivity contribution in [1.82, 2.24) is 5.32 Å². The van der Waals surface area contributed by atoms with Crippen LogP contribution in [0.15, 0.2) is 60.7 Å². The first kappa shape index (κ1) is 23.2. The first-order valence-electron chi connectivity index (χ1n) is 10.5. The number of ether oxygens (including phenoxy) is 1. The molecule has 0 fully saturated rings. The topological polar surface area (TPSA) is 58.6 Å². The van der Waals surface area contributed by atoms with E-state index in [2.05, 4.69) is 60.8 Å². The van der Waals surface area contributed by atoms with Crippen LogP contribution in [0.25, 0.3) is 0 Å². The fourth-order valence-corrected chi connectivity index (χ4v) is 9.54. The van der Waals surface area contributed by atoms with Crippen LogP contribution in [0.2, 0.25) is 6.04 Å². The van der Waals surface area contributed by atoms with Gasteiger partial charge < -0.3 is 15.2 Å². The molecule has 0 radical (unpaired) electrons. The Balaban J connectivity index is 2.59. The Labute approximate surface area is 176 Å². The van der Waals surface area contributed by atoms with E-state index in [1.807, 2.05) is 32.9 Å². The largest absolute Gasteiger partial charge is 0.444 e. The fourth-order valence-electron chi connectivity index (χ4n) is 4.04. The molecule has 1 atom stereocenters. The first-order valence-corrected chi connectivity index (χ1v) is 12.8. The summed E-state index contributed by atoms with van der Waals surface area (Å²) in [6, 6.07) is 21.9. The fraction of sp³-hybridized carbons (Fsp3) is 0.458. The molecule has 29 heavy (non-hydrogen) atoms. The highest BCUT2D eigenvalue weighted by Crippen LogP contribution is 2.22. The van der Waals surface area contributed by atoms with Gasteiger partial charge >= 0.3 is 6.09 Å². The summed E-state index contributed by atoms with van der Waals surface area (Å²) in [6.45, 7) is 7.93. The number of benzene rings is 2. The highest BCUT2D eigenvalue weighted by molar-refractivity contribution is 7.03. The van der Waals surface area contributed by atoms with Crippen LogP contribution in [0.4, 0.5) is 4.79 Å². The van der Waals surface area contributed by atoms with Crippen molar-refractivity contribution in [3.8, 4) is 0 Å². The van der Waals surface area contributed by atoms with E-state index in [4.69, 9.17) is 4.74 Å². The molecule has 2 N–H and O–H groups in total. The second kappa shape index (κ2) is 10.6. The Morgan fingerprint density at radius 1 is 1.03 bits per heavy atom. The van der Waals surface area contributed by atoms with Gasteiger partial charge in [0, 0.05) is 12.3 Å². The van der Waals surface area contributed by atoms with Gasteiger partial charge in [-0.1, -0.05) is 84.4 Å². The van der Waals surface area contributed by atoms with Gasteiger partial charge in [0.2, 0.25) is 0 Å². The Morgan fingerprint density at radius 3 is 1.97 bits per heavy atom. The van der Waals surface area contributed by atoms with E-state index >= 15 is 0 Å². The van der Waals surface area contributed by atoms with E-state index in [9.17, 15) is 9.90 Å². The lowest BCUT2D eigenvalue weighted by atomic mass is 10.2. The lowest BCUT2D eigenvalue weighted by molar-refractivity contribution is 0.0517. The van der Waals surface area contributed by atoms with Crippen molar-refractivity contribution in [2.75, 3.05) is 6.61 Å². The smallest absolute Gasteiger partial charge is 0.407 e. The summed E-state index contributed by atoms with van der Waals surface area (Å²) in [7, 11) is -2.43. The van der Waals surface area contributed by atoms with Gasteiger partial charge in [0.05, 0.1) is 0 Å². The van der Waals surface area contributed by atoms with E-state index in [0.717, 1.165) is 18.9 Å². The third-order valence-electron chi connectivity index (χ3n) is 5.17. The number of rotatable bonds is 9. The highest BCUT2D eigenvalue weighted by Gasteiger charge is 2.45. The molecule has 2 aromatic carbocycles. The lowest BCUT2D eigenvalue weighted by Gasteiger charge is -2.41. The van der Waals surface area contributed by atoms with Crippen molar-refractivity contribution in [2.24, 2.45) is 0 Å². The number of hydrogen-bond acceptors (Lipinski definition) is 3. The normalized spacial score (nSPS) is 13.0. The van der Waals surface area contributed by atoms with Crippen LogP contribution in [-0.4, -0.2) is 37.1 Å². The van der Waals surface area contributed by atoms with Crippen molar-refractivity contribution < 1.29 is 14.6 Å². The van der Waals surface area contributed by atoms with Gasteiger partial charge in [-0.05, 0) is 39.7 Å². The molecule has 0 saturated carbocycles. The maximum absolute atomic E-state index is 12.8. The van der Waals surface area contributed by atoms with Crippen molar-refractivity contribution in [2.45, 2.75) is 64.3 Å². The van der Waals surface area contributed by atoms with Crippen LogP contribution in [0.1, 0.15) is 47.0 Å². The number of aliphatic hydroxyl groups is 1. The second-order valence-electron chi connectivity index (χ2n) is 8.52. The molecule has 158 valence electrons. The number of amides is 1. The minimum absolute atomic E-state index is 0.0290. The third kappa shape index (κ3) is 6.18. The monoisotopic (exact) mass is 413 g/mol. The minimum atomic E-state index is -2.43. The zero-order valence-electron chi connectivity index (χ0n) is 18.2. The summed E-state index contributed by atoms with van der Waals surface area (Å²) in [5, 5.41) is 15.5. The molecular weight excluding hydrogens is 378 g/mol. The SMILES string of the molecule is CCC[C@H](NC(=O)OC(C)(C)C)[Si](CCCO)(c1ccccc1)c1ccccc1. The maximum atomic E-state index is 12.8. The van der Waals surface area contributed by atoms with Gasteiger partial charge in [0.15, 0.2) is 0 Å². The molecule has 0 saturated heterocycles. The summed E-state index contributed by atoms with van der Waals surface area (Å²) in [5.41, 5.74) is -0.575. The van der Waals surface area contributed by atoms with Gasteiger partial charge in [0.1, 0.15) is 13.7 Å². The maximum Gasteiger partial charge on any atom is 0.407 e. The zero-order chi connectivity index (χ0) is 21.3. The van der Waals surface area contributed by atoms with E-state index < -0.39 is 13.7 Å². The van der Waals surface area contributed by atoms with Crippen molar-refractivity contribution in [3.63, 3.8) is 0 Å². The zero-order valence-corrected chi connectivity index (χ0v) is 19.2. The van der Waals surface area contributed by atoms with Crippen LogP contribution in [0, 0.1) is 0 Å². The molecule has 4 nitrogen and oxygen atoms in total. The Kier molecular flexibility index (Phi) is 8.47. The number of carbonyl (C=O) groups is 1. The van der Waals surface area contributed by atoms with E-state index in [1.54, 1.807) is 0 Å². The number of nitrogens with one attached hydrogen (secondary N) is 1. The summed E-state index contributed by atoms with van der Waals surface area (Å²) in [4.78, 5) is 12.8. The highest BCUT2D eigenvalue weighted by atomic mass is 28.3. The molecule has 0 spiro atoms. The quantitative estimate of drug-likeness (QED) is 0.614. The predicted octanol–water partition coefficient (Wildman–Crippen LogP) is 3.86. The van der Waals surface area contributed by atoms with Gasteiger partial charge in [-0.3, -0.25) is 0 Å². The molecule has 0 unspecified atom stereocenters.